The number of ether oxygens (including phenoxy) is 2. The molecule has 1 aromatic rings. The number of hydrogen-bond acceptors (Lipinski definition) is 6. The van der Waals surface area contributed by atoms with Crippen molar-refractivity contribution in [2.45, 2.75) is 37.6 Å². The maximum absolute atomic E-state index is 5.93. The van der Waals surface area contributed by atoms with E-state index < -0.39 is 0 Å². The Morgan fingerprint density at radius 1 is 1.47 bits per heavy atom. The highest BCUT2D eigenvalue weighted by Crippen LogP contribution is 2.35. The number of piperidine rings is 1. The molecule has 1 unspecified atom stereocenters. The van der Waals surface area contributed by atoms with Crippen molar-refractivity contribution in [1.82, 2.24) is 15.5 Å². The predicted octanol–water partition coefficient (Wildman–Crippen LogP) is 0.497. The standard InChI is InChI=1S/C11H17N3O3/c1-3-12-4-2-11(1)5-9(6-16-11)15-7-10-13-8-17-14-10/h8-9,12H,1-7H2. The highest BCUT2D eigenvalue weighted by atomic mass is 16.6. The van der Waals surface area contributed by atoms with Crippen LogP contribution in [0.15, 0.2) is 10.9 Å². The highest BCUT2D eigenvalue weighted by Gasteiger charge is 2.41. The molecule has 2 fully saturated rings. The van der Waals surface area contributed by atoms with Gasteiger partial charge in [0, 0.05) is 6.42 Å². The summed E-state index contributed by atoms with van der Waals surface area (Å²) in [5.74, 6) is 0.594. The Bertz CT molecular complexity index is 349. The first-order chi connectivity index (χ1) is 8.36. The Labute approximate surface area is 99.7 Å². The lowest BCUT2D eigenvalue weighted by molar-refractivity contribution is -0.0243. The monoisotopic (exact) mass is 239 g/mol. The second-order valence-corrected chi connectivity index (χ2v) is 4.73. The minimum Gasteiger partial charge on any atom is -0.372 e. The SMILES string of the molecule is c1nc(COC2COC3(CCNCC3)C2)no1. The zero-order valence-corrected chi connectivity index (χ0v) is 9.72. The van der Waals surface area contributed by atoms with E-state index in [1.54, 1.807) is 0 Å². The van der Waals surface area contributed by atoms with E-state index in [0.29, 0.717) is 19.0 Å². The van der Waals surface area contributed by atoms with Crippen LogP contribution in [-0.2, 0) is 16.1 Å². The summed E-state index contributed by atoms with van der Waals surface area (Å²) >= 11 is 0. The van der Waals surface area contributed by atoms with Crippen LogP contribution in [0.4, 0.5) is 0 Å². The number of nitrogens with one attached hydrogen (secondary N) is 1. The van der Waals surface area contributed by atoms with Gasteiger partial charge in [-0.1, -0.05) is 5.16 Å². The first kappa shape index (κ1) is 11.1. The van der Waals surface area contributed by atoms with Gasteiger partial charge in [0.05, 0.1) is 18.3 Å². The lowest BCUT2D eigenvalue weighted by Crippen LogP contribution is -2.41. The van der Waals surface area contributed by atoms with E-state index in [2.05, 4.69) is 20.0 Å². The van der Waals surface area contributed by atoms with Crippen LogP contribution in [0.2, 0.25) is 0 Å². The molecule has 3 rings (SSSR count). The van der Waals surface area contributed by atoms with Gasteiger partial charge in [-0.15, -0.1) is 0 Å². The van der Waals surface area contributed by atoms with Crippen molar-refractivity contribution in [2.24, 2.45) is 0 Å². The predicted molar refractivity (Wildman–Crippen MR) is 58.3 cm³/mol. The Morgan fingerprint density at radius 2 is 2.35 bits per heavy atom. The molecule has 0 amide bonds. The average Bonchev–Trinajstić information content (AvgIpc) is 2.98. The van der Waals surface area contributed by atoms with Crippen molar-refractivity contribution in [3.05, 3.63) is 12.2 Å². The quantitative estimate of drug-likeness (QED) is 0.828. The minimum atomic E-state index is 0.0488. The molecule has 0 aromatic carbocycles. The van der Waals surface area contributed by atoms with Crippen LogP contribution in [0.5, 0.6) is 0 Å². The van der Waals surface area contributed by atoms with E-state index in [1.807, 2.05) is 0 Å². The van der Waals surface area contributed by atoms with E-state index in [0.717, 1.165) is 32.4 Å². The van der Waals surface area contributed by atoms with Crippen molar-refractivity contribution in [1.29, 1.82) is 0 Å². The fraction of sp³-hybridized carbons (Fsp3) is 0.818. The smallest absolute Gasteiger partial charge is 0.213 e. The van der Waals surface area contributed by atoms with Gasteiger partial charge in [-0.05, 0) is 25.9 Å². The second kappa shape index (κ2) is 4.72. The molecule has 1 N–H and O–H groups in total. The molecule has 2 aliphatic heterocycles. The lowest BCUT2D eigenvalue weighted by Gasteiger charge is -2.32. The third-order valence-electron chi connectivity index (χ3n) is 3.54. The van der Waals surface area contributed by atoms with Crippen LogP contribution in [0.1, 0.15) is 25.1 Å². The molecule has 1 spiro atoms. The average molecular weight is 239 g/mol. The van der Waals surface area contributed by atoms with E-state index in [9.17, 15) is 0 Å². The van der Waals surface area contributed by atoms with E-state index >= 15 is 0 Å². The molecular formula is C11H17N3O3. The molecule has 2 aliphatic rings. The van der Waals surface area contributed by atoms with Crippen LogP contribution >= 0.6 is 0 Å². The number of nitrogens with zero attached hydrogens (tertiary/aromatic N) is 2. The Kier molecular flexibility index (Phi) is 3.09. The van der Waals surface area contributed by atoms with Crippen molar-refractivity contribution < 1.29 is 14.0 Å². The van der Waals surface area contributed by atoms with Gasteiger partial charge in [-0.2, -0.15) is 4.98 Å². The summed E-state index contributed by atoms with van der Waals surface area (Å²) in [5, 5.41) is 7.07. The molecule has 1 atom stereocenters. The second-order valence-electron chi connectivity index (χ2n) is 4.73. The van der Waals surface area contributed by atoms with Gasteiger partial charge in [0.2, 0.25) is 6.39 Å². The summed E-state index contributed by atoms with van der Waals surface area (Å²) in [6, 6.07) is 0. The molecule has 17 heavy (non-hydrogen) atoms. The van der Waals surface area contributed by atoms with Crippen molar-refractivity contribution in [3.63, 3.8) is 0 Å². The van der Waals surface area contributed by atoms with Crippen LogP contribution in [0.3, 0.4) is 0 Å². The number of aromatic nitrogens is 2. The van der Waals surface area contributed by atoms with Crippen LogP contribution in [-0.4, -0.2) is 41.5 Å². The molecule has 1 aromatic heterocycles. The van der Waals surface area contributed by atoms with Gasteiger partial charge in [0.1, 0.15) is 6.61 Å². The third kappa shape index (κ3) is 2.48. The maximum Gasteiger partial charge on any atom is 0.213 e. The normalized spacial score (nSPS) is 27.6. The van der Waals surface area contributed by atoms with Gasteiger partial charge >= 0.3 is 0 Å². The van der Waals surface area contributed by atoms with Crippen LogP contribution in [0.25, 0.3) is 0 Å². The van der Waals surface area contributed by atoms with Gasteiger partial charge < -0.3 is 19.3 Å². The molecular weight excluding hydrogens is 222 g/mol. The minimum absolute atomic E-state index is 0.0488. The fourth-order valence-corrected chi connectivity index (χ4v) is 2.59. The van der Waals surface area contributed by atoms with E-state index in [-0.39, 0.29) is 11.7 Å². The fourth-order valence-electron chi connectivity index (χ4n) is 2.59. The van der Waals surface area contributed by atoms with Crippen molar-refractivity contribution in [3.8, 4) is 0 Å². The molecule has 94 valence electrons. The van der Waals surface area contributed by atoms with Gasteiger partial charge in [0.25, 0.3) is 0 Å². The molecule has 0 radical (unpaired) electrons. The van der Waals surface area contributed by atoms with Crippen molar-refractivity contribution in [2.75, 3.05) is 19.7 Å². The van der Waals surface area contributed by atoms with Crippen LogP contribution < -0.4 is 5.32 Å². The molecule has 3 heterocycles. The van der Waals surface area contributed by atoms with Gasteiger partial charge in [0.15, 0.2) is 5.82 Å². The third-order valence-corrected chi connectivity index (χ3v) is 3.54. The molecule has 0 bridgehead atoms. The lowest BCUT2D eigenvalue weighted by atomic mass is 9.89. The summed E-state index contributed by atoms with van der Waals surface area (Å²) in [4.78, 5) is 3.93. The molecule has 0 aliphatic carbocycles. The Hall–Kier alpha value is -0.980. The highest BCUT2D eigenvalue weighted by molar-refractivity contribution is 4.93. The van der Waals surface area contributed by atoms with Gasteiger partial charge in [-0.3, -0.25) is 0 Å². The summed E-state index contributed by atoms with van der Waals surface area (Å²) in [6.45, 7) is 3.16. The maximum atomic E-state index is 5.93. The molecule has 6 nitrogen and oxygen atoms in total. The topological polar surface area (TPSA) is 69.4 Å². The summed E-state index contributed by atoms with van der Waals surface area (Å²) < 4.78 is 16.3. The molecule has 2 saturated heterocycles. The first-order valence-corrected chi connectivity index (χ1v) is 6.08. The zero-order valence-electron chi connectivity index (χ0n) is 9.72. The molecule has 6 heteroatoms. The number of rotatable bonds is 3. The first-order valence-electron chi connectivity index (χ1n) is 6.08. The van der Waals surface area contributed by atoms with Gasteiger partial charge in [-0.25, -0.2) is 0 Å². The van der Waals surface area contributed by atoms with E-state index in [1.165, 1.54) is 6.39 Å². The number of hydrogen-bond donors (Lipinski definition) is 1. The Morgan fingerprint density at radius 3 is 3.12 bits per heavy atom. The summed E-state index contributed by atoms with van der Waals surface area (Å²) in [7, 11) is 0. The summed E-state index contributed by atoms with van der Waals surface area (Å²) in [6.07, 6.45) is 4.61. The van der Waals surface area contributed by atoms with Crippen LogP contribution in [0, 0.1) is 0 Å². The zero-order chi connectivity index (χ0) is 11.6. The Balaban J connectivity index is 1.50. The summed E-state index contributed by atoms with van der Waals surface area (Å²) in [5.41, 5.74) is 0.0488. The van der Waals surface area contributed by atoms with E-state index in [4.69, 9.17) is 9.47 Å². The van der Waals surface area contributed by atoms with Crippen molar-refractivity contribution >= 4 is 0 Å². The molecule has 0 saturated carbocycles. The largest absolute Gasteiger partial charge is 0.372 e.